The number of rotatable bonds is 5. The number of aryl methyl sites for hydroxylation is 1. The number of nitrogens with zero attached hydrogens (tertiary/aromatic N) is 1. The average molecular weight is 297 g/mol. The number of hydrogen-bond acceptors (Lipinski definition) is 4. The van der Waals surface area contributed by atoms with E-state index < -0.39 is 17.2 Å². The van der Waals surface area contributed by atoms with Crippen LogP contribution in [-0.2, 0) is 16.0 Å². The molecule has 0 aliphatic rings. The summed E-state index contributed by atoms with van der Waals surface area (Å²) in [7, 11) is 1.61. The van der Waals surface area contributed by atoms with Crippen molar-refractivity contribution in [3.8, 4) is 0 Å². The van der Waals surface area contributed by atoms with Gasteiger partial charge in [0.15, 0.2) is 0 Å². The molecule has 0 bridgehead atoms. The minimum absolute atomic E-state index is 0.475. The number of carbonyl (C=O) groups excluding carboxylic acids is 2. The molecular formula is C15H23NO3S. The van der Waals surface area contributed by atoms with Crippen LogP contribution in [0.1, 0.15) is 39.7 Å². The van der Waals surface area contributed by atoms with Gasteiger partial charge in [-0.1, -0.05) is 0 Å². The summed E-state index contributed by atoms with van der Waals surface area (Å²) in [6.45, 7) is 7.18. The summed E-state index contributed by atoms with van der Waals surface area (Å²) in [6, 6.07) is 2.03. The van der Waals surface area contributed by atoms with Gasteiger partial charge in [0.25, 0.3) is 0 Å². The van der Waals surface area contributed by atoms with Gasteiger partial charge in [0, 0.05) is 7.05 Å². The van der Waals surface area contributed by atoms with Crippen molar-refractivity contribution in [1.82, 2.24) is 4.90 Å². The Morgan fingerprint density at radius 3 is 2.50 bits per heavy atom. The Morgan fingerprint density at radius 2 is 2.05 bits per heavy atom. The van der Waals surface area contributed by atoms with Crippen molar-refractivity contribution in [2.45, 2.75) is 51.7 Å². The number of aldehydes is 1. The molecule has 0 radical (unpaired) electrons. The van der Waals surface area contributed by atoms with E-state index in [-0.39, 0.29) is 0 Å². The molecule has 112 valence electrons. The summed E-state index contributed by atoms with van der Waals surface area (Å²) in [5.41, 5.74) is -0.243. The van der Waals surface area contributed by atoms with Gasteiger partial charge in [-0.3, -0.25) is 4.90 Å². The number of likely N-dealkylation sites (N-methyl/N-ethyl adjacent to an activating group) is 1. The summed E-state index contributed by atoms with van der Waals surface area (Å²) in [5.74, 6) is 0. The second kappa shape index (κ2) is 6.39. The quantitative estimate of drug-likeness (QED) is 0.781. The Bertz CT molecular complexity index is 450. The van der Waals surface area contributed by atoms with Crippen LogP contribution < -0.4 is 0 Å². The summed E-state index contributed by atoms with van der Waals surface area (Å²) < 4.78 is 5.31. The highest BCUT2D eigenvalue weighted by molar-refractivity contribution is 7.07. The monoisotopic (exact) mass is 297 g/mol. The van der Waals surface area contributed by atoms with Gasteiger partial charge in [0.2, 0.25) is 0 Å². The molecule has 4 nitrogen and oxygen atoms in total. The largest absolute Gasteiger partial charge is 0.444 e. The third kappa shape index (κ3) is 4.63. The van der Waals surface area contributed by atoms with Crippen molar-refractivity contribution >= 4 is 23.7 Å². The van der Waals surface area contributed by atoms with Crippen LogP contribution >= 0.6 is 11.3 Å². The van der Waals surface area contributed by atoms with Gasteiger partial charge in [-0.15, -0.1) is 0 Å². The Balaban J connectivity index is 2.71. The minimum Gasteiger partial charge on any atom is -0.444 e. The van der Waals surface area contributed by atoms with Crippen LogP contribution in [0.3, 0.4) is 0 Å². The van der Waals surface area contributed by atoms with Gasteiger partial charge >= 0.3 is 6.09 Å². The van der Waals surface area contributed by atoms with E-state index in [0.717, 1.165) is 12.7 Å². The SMILES string of the molecule is CN(C(=O)OC(C)(C)C)C(C)(C=O)CCc1ccsc1. The molecule has 1 amide bonds. The topological polar surface area (TPSA) is 46.6 Å². The fraction of sp³-hybridized carbons (Fsp3) is 0.600. The Labute approximate surface area is 124 Å². The summed E-state index contributed by atoms with van der Waals surface area (Å²) in [6.07, 6.45) is 1.68. The van der Waals surface area contributed by atoms with Crippen molar-refractivity contribution in [2.24, 2.45) is 0 Å². The van der Waals surface area contributed by atoms with Gasteiger partial charge in [0.1, 0.15) is 11.9 Å². The van der Waals surface area contributed by atoms with Crippen LogP contribution in [-0.4, -0.2) is 35.5 Å². The normalized spacial score (nSPS) is 14.4. The molecule has 0 fully saturated rings. The van der Waals surface area contributed by atoms with Crippen molar-refractivity contribution in [3.05, 3.63) is 22.4 Å². The van der Waals surface area contributed by atoms with Crippen LogP contribution in [0.15, 0.2) is 16.8 Å². The van der Waals surface area contributed by atoms with Gasteiger partial charge in [-0.2, -0.15) is 11.3 Å². The summed E-state index contributed by atoms with van der Waals surface area (Å²) >= 11 is 1.63. The Hall–Kier alpha value is -1.36. The summed E-state index contributed by atoms with van der Waals surface area (Å²) in [4.78, 5) is 24.9. The van der Waals surface area contributed by atoms with Crippen LogP contribution in [0.25, 0.3) is 0 Å². The van der Waals surface area contributed by atoms with Gasteiger partial charge in [0.05, 0.1) is 5.54 Å². The number of ether oxygens (including phenoxy) is 1. The molecule has 1 aromatic heterocycles. The van der Waals surface area contributed by atoms with Crippen LogP contribution in [0, 0.1) is 0 Å². The van der Waals surface area contributed by atoms with E-state index in [4.69, 9.17) is 4.74 Å². The van der Waals surface area contributed by atoms with Crippen molar-refractivity contribution in [3.63, 3.8) is 0 Å². The number of amides is 1. The second-order valence-electron chi connectivity index (χ2n) is 6.15. The first kappa shape index (κ1) is 16.7. The smallest absolute Gasteiger partial charge is 0.410 e. The maximum absolute atomic E-state index is 12.1. The molecule has 1 aromatic rings. The standard InChI is InChI=1S/C15H23NO3S/c1-14(2,3)19-13(18)16(5)15(4,11-17)8-6-12-7-9-20-10-12/h7,9-11H,6,8H2,1-5H3. The second-order valence-corrected chi connectivity index (χ2v) is 6.93. The average Bonchev–Trinajstić information content (AvgIpc) is 2.86. The zero-order chi connectivity index (χ0) is 15.4. The lowest BCUT2D eigenvalue weighted by Gasteiger charge is -2.35. The van der Waals surface area contributed by atoms with Crippen LogP contribution in [0.5, 0.6) is 0 Å². The zero-order valence-electron chi connectivity index (χ0n) is 12.8. The number of thiophene rings is 1. The Kier molecular flexibility index (Phi) is 5.34. The first-order chi connectivity index (χ1) is 9.18. The maximum atomic E-state index is 12.1. The predicted octanol–water partition coefficient (Wildman–Crippen LogP) is 3.51. The molecule has 0 spiro atoms. The lowest BCUT2D eigenvalue weighted by Crippen LogP contribution is -2.50. The molecule has 0 aliphatic carbocycles. The molecule has 0 N–H and O–H groups in total. The van der Waals surface area contributed by atoms with Crippen molar-refractivity contribution in [2.75, 3.05) is 7.05 Å². The number of carbonyl (C=O) groups is 2. The van der Waals surface area contributed by atoms with E-state index in [2.05, 4.69) is 5.38 Å². The third-order valence-corrected chi connectivity index (χ3v) is 3.92. The van der Waals surface area contributed by atoms with Gasteiger partial charge in [-0.25, -0.2) is 4.79 Å². The third-order valence-electron chi connectivity index (χ3n) is 3.19. The maximum Gasteiger partial charge on any atom is 0.410 e. The molecule has 1 heterocycles. The highest BCUT2D eigenvalue weighted by Crippen LogP contribution is 2.22. The molecule has 0 aliphatic heterocycles. The van der Waals surface area contributed by atoms with E-state index in [9.17, 15) is 9.59 Å². The minimum atomic E-state index is -0.857. The van der Waals surface area contributed by atoms with E-state index in [1.807, 2.05) is 32.2 Å². The lowest BCUT2D eigenvalue weighted by molar-refractivity contribution is -0.117. The molecule has 1 rings (SSSR count). The molecule has 0 saturated heterocycles. The first-order valence-corrected chi connectivity index (χ1v) is 7.56. The molecule has 1 atom stereocenters. The van der Waals surface area contributed by atoms with Crippen molar-refractivity contribution in [1.29, 1.82) is 0 Å². The molecular weight excluding hydrogens is 274 g/mol. The molecule has 1 unspecified atom stereocenters. The zero-order valence-corrected chi connectivity index (χ0v) is 13.6. The van der Waals surface area contributed by atoms with E-state index >= 15 is 0 Å². The molecule has 5 heteroatoms. The van der Waals surface area contributed by atoms with Crippen molar-refractivity contribution < 1.29 is 14.3 Å². The van der Waals surface area contributed by atoms with Crippen LogP contribution in [0.2, 0.25) is 0 Å². The van der Waals surface area contributed by atoms with E-state index in [1.165, 1.54) is 10.5 Å². The lowest BCUT2D eigenvalue weighted by atomic mass is 9.94. The highest BCUT2D eigenvalue weighted by atomic mass is 32.1. The van der Waals surface area contributed by atoms with E-state index in [0.29, 0.717) is 6.42 Å². The summed E-state index contributed by atoms with van der Waals surface area (Å²) in [5, 5.41) is 4.06. The highest BCUT2D eigenvalue weighted by Gasteiger charge is 2.34. The fourth-order valence-electron chi connectivity index (χ4n) is 1.68. The molecule has 0 saturated carbocycles. The fourth-order valence-corrected chi connectivity index (χ4v) is 2.38. The molecule has 0 aromatic carbocycles. The van der Waals surface area contributed by atoms with E-state index in [1.54, 1.807) is 25.3 Å². The van der Waals surface area contributed by atoms with Gasteiger partial charge in [-0.05, 0) is 62.9 Å². The van der Waals surface area contributed by atoms with Gasteiger partial charge < -0.3 is 9.53 Å². The first-order valence-electron chi connectivity index (χ1n) is 6.62. The van der Waals surface area contributed by atoms with Crippen LogP contribution in [0.4, 0.5) is 4.79 Å². The Morgan fingerprint density at radius 1 is 1.40 bits per heavy atom. The predicted molar refractivity (Wildman–Crippen MR) is 81.1 cm³/mol. The number of hydrogen-bond donors (Lipinski definition) is 0. The molecule has 20 heavy (non-hydrogen) atoms.